The van der Waals surface area contributed by atoms with Gasteiger partial charge in [-0.15, -0.1) is 0 Å². The van der Waals surface area contributed by atoms with E-state index in [1.165, 1.54) is 43.4 Å². The zero-order valence-corrected chi connectivity index (χ0v) is 19.1. The molecule has 1 unspecified atom stereocenters. The van der Waals surface area contributed by atoms with E-state index in [4.69, 9.17) is 21.1 Å². The maximum atomic E-state index is 13.2. The Morgan fingerprint density at radius 1 is 1.06 bits per heavy atom. The van der Waals surface area contributed by atoms with Crippen LogP contribution < -0.4 is 9.47 Å². The van der Waals surface area contributed by atoms with Gasteiger partial charge in [0.1, 0.15) is 23.0 Å². The van der Waals surface area contributed by atoms with Gasteiger partial charge in [0.05, 0.1) is 36.4 Å². The Balaban J connectivity index is 1.92. The van der Waals surface area contributed by atoms with Gasteiger partial charge in [-0.2, -0.15) is 0 Å². The zero-order valence-electron chi connectivity index (χ0n) is 18.4. The number of Topliss-reactive ketones (excluding diaryl/α,β-unsaturated/α-hetero) is 1. The number of halogens is 1. The molecule has 1 atom stereocenters. The van der Waals surface area contributed by atoms with Crippen molar-refractivity contribution in [2.75, 3.05) is 14.2 Å². The van der Waals surface area contributed by atoms with E-state index in [0.717, 1.165) is 5.56 Å². The summed E-state index contributed by atoms with van der Waals surface area (Å²) in [5.41, 5.74) is 1.17. The first kappa shape index (κ1) is 23.1. The molecular formula is C25H21ClN2O6. The molecule has 4 rings (SSSR count). The molecule has 3 aromatic rings. The molecule has 1 aliphatic rings. The van der Waals surface area contributed by atoms with Gasteiger partial charge in [-0.05, 0) is 41.5 Å². The molecule has 1 aliphatic heterocycles. The Morgan fingerprint density at radius 2 is 1.76 bits per heavy atom. The van der Waals surface area contributed by atoms with Crippen molar-refractivity contribution in [1.29, 1.82) is 0 Å². The van der Waals surface area contributed by atoms with Crippen LogP contribution in [-0.4, -0.2) is 46.0 Å². The third-order valence-corrected chi connectivity index (χ3v) is 5.85. The number of nitrogens with zero attached hydrogens (tertiary/aromatic N) is 2. The van der Waals surface area contributed by atoms with Crippen molar-refractivity contribution < 1.29 is 29.3 Å². The Kier molecular flexibility index (Phi) is 6.43. The summed E-state index contributed by atoms with van der Waals surface area (Å²) in [5.74, 6) is -1.63. The van der Waals surface area contributed by atoms with Gasteiger partial charge in [-0.3, -0.25) is 14.6 Å². The molecule has 1 saturated heterocycles. The first-order valence-corrected chi connectivity index (χ1v) is 10.6. The van der Waals surface area contributed by atoms with Crippen molar-refractivity contribution in [3.63, 3.8) is 0 Å². The third kappa shape index (κ3) is 4.15. The summed E-state index contributed by atoms with van der Waals surface area (Å²) < 4.78 is 10.6. The topological polar surface area (TPSA) is 109 Å². The number of methoxy groups -OCH3 is 2. The van der Waals surface area contributed by atoms with E-state index >= 15 is 0 Å². The number of aliphatic hydroxyl groups is 1. The lowest BCUT2D eigenvalue weighted by molar-refractivity contribution is -0.140. The van der Waals surface area contributed by atoms with Gasteiger partial charge < -0.3 is 24.6 Å². The van der Waals surface area contributed by atoms with Crippen molar-refractivity contribution in [3.8, 4) is 17.2 Å². The highest BCUT2D eigenvalue weighted by Crippen LogP contribution is 2.43. The molecule has 0 radical (unpaired) electrons. The summed E-state index contributed by atoms with van der Waals surface area (Å²) in [5, 5.41) is 21.6. The first-order valence-electron chi connectivity index (χ1n) is 10.2. The number of aliphatic hydroxyl groups excluding tert-OH is 1. The second-order valence-corrected chi connectivity index (χ2v) is 7.97. The molecule has 0 saturated carbocycles. The van der Waals surface area contributed by atoms with Gasteiger partial charge in [-0.25, -0.2) is 0 Å². The van der Waals surface area contributed by atoms with Crippen LogP contribution in [0.5, 0.6) is 17.2 Å². The SMILES string of the molecule is COc1cc(OC)c(/C(O)=C2\C(=O)C(=O)N(Cc3ccncc3)C2c2cccc(O)c2)cc1Cl. The summed E-state index contributed by atoms with van der Waals surface area (Å²) in [7, 11) is 2.83. The molecule has 8 nitrogen and oxygen atoms in total. The lowest BCUT2D eigenvalue weighted by Gasteiger charge is -2.25. The van der Waals surface area contributed by atoms with E-state index in [1.54, 1.807) is 36.7 Å². The van der Waals surface area contributed by atoms with Gasteiger partial charge in [0.15, 0.2) is 0 Å². The molecule has 174 valence electrons. The molecule has 0 bridgehead atoms. The number of carbonyl (C=O) groups is 2. The lowest BCUT2D eigenvalue weighted by atomic mass is 9.94. The molecule has 34 heavy (non-hydrogen) atoms. The maximum Gasteiger partial charge on any atom is 0.295 e. The monoisotopic (exact) mass is 480 g/mol. The van der Waals surface area contributed by atoms with E-state index in [1.807, 2.05) is 0 Å². The van der Waals surface area contributed by atoms with E-state index in [9.17, 15) is 19.8 Å². The maximum absolute atomic E-state index is 13.2. The van der Waals surface area contributed by atoms with Gasteiger partial charge in [0.2, 0.25) is 0 Å². The molecule has 9 heteroatoms. The fourth-order valence-electron chi connectivity index (χ4n) is 3.96. The largest absolute Gasteiger partial charge is 0.508 e. The molecule has 2 N–H and O–H groups in total. The summed E-state index contributed by atoms with van der Waals surface area (Å²) in [6, 6.07) is 11.6. The smallest absolute Gasteiger partial charge is 0.295 e. The van der Waals surface area contributed by atoms with Crippen molar-refractivity contribution >= 4 is 29.1 Å². The number of rotatable bonds is 6. The van der Waals surface area contributed by atoms with E-state index in [2.05, 4.69) is 4.98 Å². The Labute approximate surface area is 200 Å². The van der Waals surface area contributed by atoms with Crippen LogP contribution in [0.4, 0.5) is 0 Å². The van der Waals surface area contributed by atoms with Crippen molar-refractivity contribution in [2.45, 2.75) is 12.6 Å². The summed E-state index contributed by atoms with van der Waals surface area (Å²) in [4.78, 5) is 31.7. The number of hydrogen-bond acceptors (Lipinski definition) is 7. The molecule has 1 aromatic heterocycles. The Morgan fingerprint density at radius 3 is 2.41 bits per heavy atom. The molecule has 0 spiro atoms. The number of pyridine rings is 1. The van der Waals surface area contributed by atoms with Crippen molar-refractivity contribution in [3.05, 3.63) is 88.2 Å². The zero-order chi connectivity index (χ0) is 24.4. The number of likely N-dealkylation sites (tertiary alicyclic amines) is 1. The predicted octanol–water partition coefficient (Wildman–Crippen LogP) is 4.08. The molecular weight excluding hydrogens is 460 g/mol. The summed E-state index contributed by atoms with van der Waals surface area (Å²) >= 11 is 6.27. The van der Waals surface area contributed by atoms with Crippen LogP contribution in [-0.2, 0) is 16.1 Å². The van der Waals surface area contributed by atoms with Crippen LogP contribution >= 0.6 is 11.6 Å². The minimum absolute atomic E-state index is 0.0444. The lowest BCUT2D eigenvalue weighted by Crippen LogP contribution is -2.29. The number of aromatic hydroxyl groups is 1. The van der Waals surface area contributed by atoms with Gasteiger partial charge in [-0.1, -0.05) is 23.7 Å². The number of aromatic nitrogens is 1. The van der Waals surface area contributed by atoms with E-state index < -0.39 is 23.5 Å². The van der Waals surface area contributed by atoms with Crippen molar-refractivity contribution in [2.24, 2.45) is 0 Å². The number of carbonyl (C=O) groups excluding carboxylic acids is 2. The fraction of sp³-hybridized carbons (Fsp3) is 0.160. The highest BCUT2D eigenvalue weighted by molar-refractivity contribution is 6.46. The van der Waals surface area contributed by atoms with Gasteiger partial charge in [0.25, 0.3) is 11.7 Å². The van der Waals surface area contributed by atoms with E-state index in [0.29, 0.717) is 11.3 Å². The molecule has 1 amide bonds. The Bertz CT molecular complexity index is 1290. The molecule has 1 fully saturated rings. The van der Waals surface area contributed by atoms with Crippen LogP contribution in [0.15, 0.2) is 66.5 Å². The van der Waals surface area contributed by atoms with E-state index in [-0.39, 0.29) is 34.2 Å². The van der Waals surface area contributed by atoms with Crippen molar-refractivity contribution in [1.82, 2.24) is 9.88 Å². The van der Waals surface area contributed by atoms with Gasteiger partial charge in [0, 0.05) is 25.0 Å². The minimum atomic E-state index is -0.967. The number of phenolic OH excluding ortho intramolecular Hbond substituents is 1. The first-order chi connectivity index (χ1) is 16.3. The van der Waals surface area contributed by atoms with Crippen LogP contribution in [0.3, 0.4) is 0 Å². The number of benzene rings is 2. The second-order valence-electron chi connectivity index (χ2n) is 7.56. The predicted molar refractivity (Wildman–Crippen MR) is 125 cm³/mol. The number of ether oxygens (including phenoxy) is 2. The average molecular weight is 481 g/mol. The number of hydrogen-bond donors (Lipinski definition) is 2. The third-order valence-electron chi connectivity index (χ3n) is 5.56. The normalized spacial score (nSPS) is 17.1. The number of phenols is 1. The molecule has 2 aromatic carbocycles. The van der Waals surface area contributed by atoms with Crippen LogP contribution in [0, 0.1) is 0 Å². The minimum Gasteiger partial charge on any atom is -0.508 e. The van der Waals surface area contributed by atoms with Crippen LogP contribution in [0.1, 0.15) is 22.7 Å². The second kappa shape index (κ2) is 9.44. The molecule has 0 aliphatic carbocycles. The van der Waals surface area contributed by atoms with Crippen LogP contribution in [0.2, 0.25) is 5.02 Å². The Hall–Kier alpha value is -4.04. The average Bonchev–Trinajstić information content (AvgIpc) is 3.09. The molecule has 2 heterocycles. The fourth-order valence-corrected chi connectivity index (χ4v) is 4.20. The number of ketones is 1. The quantitative estimate of drug-likeness (QED) is 0.311. The highest BCUT2D eigenvalue weighted by atomic mass is 35.5. The summed E-state index contributed by atoms with van der Waals surface area (Å²) in [6.07, 6.45) is 3.17. The summed E-state index contributed by atoms with van der Waals surface area (Å²) in [6.45, 7) is 0.0880. The highest BCUT2D eigenvalue weighted by Gasteiger charge is 2.46. The standard InChI is InChI=1S/C25H21ClN2O6/c1-33-19-12-20(34-2)18(26)11-17(19)23(30)21-22(15-4-3-5-16(29)10-15)28(25(32)24(21)31)13-14-6-8-27-9-7-14/h3-12,22,29-30H,13H2,1-2H3/b23-21+. The van der Waals surface area contributed by atoms with Crippen LogP contribution in [0.25, 0.3) is 5.76 Å². The van der Waals surface area contributed by atoms with Gasteiger partial charge >= 0.3 is 0 Å². The number of amides is 1.